The number of amides is 1. The lowest BCUT2D eigenvalue weighted by molar-refractivity contribution is -0.129. The molecule has 5 nitrogen and oxygen atoms in total. The highest BCUT2D eigenvalue weighted by molar-refractivity contribution is 7.12. The number of phenols is 1. The third-order valence-electron chi connectivity index (χ3n) is 5.06. The van der Waals surface area contributed by atoms with Crippen LogP contribution in [0.5, 0.6) is 5.75 Å². The lowest BCUT2D eigenvalue weighted by Gasteiger charge is -2.27. The smallest absolute Gasteiger partial charge is 0.290 e. The SMILES string of the molecule is O=C(C1=C(O)C(=O)N(CCc2ccc(Cl)cc2)C1c1ccc(O)cc1)c1cccs1. The van der Waals surface area contributed by atoms with Crippen LogP contribution in [0.25, 0.3) is 0 Å². The van der Waals surface area contributed by atoms with Gasteiger partial charge in [-0.15, -0.1) is 11.3 Å². The number of aliphatic hydroxyl groups excluding tert-OH is 1. The van der Waals surface area contributed by atoms with Crippen molar-refractivity contribution in [1.29, 1.82) is 0 Å². The molecule has 0 bridgehead atoms. The van der Waals surface area contributed by atoms with Crippen molar-refractivity contribution in [2.45, 2.75) is 12.5 Å². The molecule has 0 radical (unpaired) electrons. The molecule has 3 aromatic rings. The number of thiophene rings is 1. The fourth-order valence-corrected chi connectivity index (χ4v) is 4.36. The Morgan fingerprint density at radius 3 is 2.37 bits per heavy atom. The number of hydrogen-bond donors (Lipinski definition) is 2. The molecule has 2 heterocycles. The van der Waals surface area contributed by atoms with Crippen molar-refractivity contribution in [1.82, 2.24) is 4.90 Å². The molecule has 1 atom stereocenters. The fourth-order valence-electron chi connectivity index (χ4n) is 3.56. The first-order valence-electron chi connectivity index (χ1n) is 9.31. The Morgan fingerprint density at radius 2 is 1.73 bits per heavy atom. The minimum absolute atomic E-state index is 0.0595. The van der Waals surface area contributed by atoms with Gasteiger partial charge in [-0.3, -0.25) is 9.59 Å². The van der Waals surface area contributed by atoms with Crippen LogP contribution in [0.1, 0.15) is 26.8 Å². The molecular weight excluding hydrogens is 422 g/mol. The molecule has 2 N–H and O–H groups in total. The predicted molar refractivity (Wildman–Crippen MR) is 116 cm³/mol. The highest BCUT2D eigenvalue weighted by atomic mass is 35.5. The second-order valence-electron chi connectivity index (χ2n) is 6.94. The Balaban J connectivity index is 1.69. The topological polar surface area (TPSA) is 77.8 Å². The van der Waals surface area contributed by atoms with Gasteiger partial charge in [-0.1, -0.05) is 41.9 Å². The number of carbonyl (C=O) groups excluding carboxylic acids is 2. The van der Waals surface area contributed by atoms with Crippen molar-refractivity contribution in [3.63, 3.8) is 0 Å². The van der Waals surface area contributed by atoms with Crippen LogP contribution in [-0.2, 0) is 11.2 Å². The predicted octanol–water partition coefficient (Wildman–Crippen LogP) is 4.93. The number of aromatic hydroxyl groups is 1. The summed E-state index contributed by atoms with van der Waals surface area (Å²) in [4.78, 5) is 28.0. The number of rotatable bonds is 6. The Labute approximate surface area is 182 Å². The normalized spacial score (nSPS) is 16.4. The van der Waals surface area contributed by atoms with Gasteiger partial charge >= 0.3 is 0 Å². The van der Waals surface area contributed by atoms with Gasteiger partial charge in [-0.05, 0) is 53.3 Å². The average Bonchev–Trinajstić information content (AvgIpc) is 3.36. The number of benzene rings is 2. The number of carbonyl (C=O) groups is 2. The second kappa shape index (κ2) is 8.34. The zero-order chi connectivity index (χ0) is 21.3. The summed E-state index contributed by atoms with van der Waals surface area (Å²) in [5, 5.41) is 22.7. The first-order chi connectivity index (χ1) is 14.5. The maximum atomic E-state index is 13.1. The Morgan fingerprint density at radius 1 is 1.03 bits per heavy atom. The van der Waals surface area contributed by atoms with E-state index in [9.17, 15) is 19.8 Å². The average molecular weight is 440 g/mol. The highest BCUT2D eigenvalue weighted by Gasteiger charge is 2.43. The largest absolute Gasteiger partial charge is 0.508 e. The Bertz CT molecular complexity index is 1110. The van der Waals surface area contributed by atoms with E-state index >= 15 is 0 Å². The Kier molecular flexibility index (Phi) is 5.61. The molecule has 2 aromatic carbocycles. The van der Waals surface area contributed by atoms with Gasteiger partial charge in [0.15, 0.2) is 5.76 Å². The first kappa shape index (κ1) is 20.2. The van der Waals surface area contributed by atoms with Gasteiger partial charge in [0.05, 0.1) is 16.5 Å². The van der Waals surface area contributed by atoms with Gasteiger partial charge in [-0.25, -0.2) is 0 Å². The minimum Gasteiger partial charge on any atom is -0.508 e. The fraction of sp³-hybridized carbons (Fsp3) is 0.130. The third-order valence-corrected chi connectivity index (χ3v) is 6.18. The number of ketones is 1. The van der Waals surface area contributed by atoms with E-state index in [-0.39, 0.29) is 17.1 Å². The zero-order valence-electron chi connectivity index (χ0n) is 15.8. The summed E-state index contributed by atoms with van der Waals surface area (Å²) < 4.78 is 0. The number of nitrogens with zero attached hydrogens (tertiary/aromatic N) is 1. The van der Waals surface area contributed by atoms with Gasteiger partial charge in [-0.2, -0.15) is 0 Å². The van der Waals surface area contributed by atoms with Crippen molar-refractivity contribution in [2.24, 2.45) is 0 Å². The number of halogens is 1. The molecule has 30 heavy (non-hydrogen) atoms. The number of hydrogen-bond acceptors (Lipinski definition) is 5. The summed E-state index contributed by atoms with van der Waals surface area (Å²) in [5.74, 6) is -1.40. The molecule has 0 saturated carbocycles. The van der Waals surface area contributed by atoms with Crippen LogP contribution in [0.15, 0.2) is 77.4 Å². The molecule has 1 amide bonds. The quantitative estimate of drug-likeness (QED) is 0.534. The molecule has 152 valence electrons. The van der Waals surface area contributed by atoms with Crippen molar-refractivity contribution in [2.75, 3.05) is 6.54 Å². The van der Waals surface area contributed by atoms with E-state index in [0.717, 1.165) is 5.56 Å². The van der Waals surface area contributed by atoms with Crippen molar-refractivity contribution >= 4 is 34.6 Å². The summed E-state index contributed by atoms with van der Waals surface area (Å²) in [6, 6.07) is 16.3. The van der Waals surface area contributed by atoms with Crippen molar-refractivity contribution in [3.8, 4) is 5.75 Å². The molecule has 1 aliphatic rings. The molecular formula is C23H18ClNO4S. The number of Topliss-reactive ketones (excluding diaryl/α,β-unsaturated/α-hetero) is 1. The van der Waals surface area contributed by atoms with Gasteiger partial charge in [0.1, 0.15) is 5.75 Å². The zero-order valence-corrected chi connectivity index (χ0v) is 17.4. The maximum absolute atomic E-state index is 13.1. The van der Waals surface area contributed by atoms with Gasteiger partial charge in [0, 0.05) is 11.6 Å². The van der Waals surface area contributed by atoms with Crippen LogP contribution in [-0.4, -0.2) is 33.3 Å². The maximum Gasteiger partial charge on any atom is 0.290 e. The van der Waals surface area contributed by atoms with Crippen LogP contribution < -0.4 is 0 Å². The van der Waals surface area contributed by atoms with Crippen LogP contribution in [0.4, 0.5) is 0 Å². The lowest BCUT2D eigenvalue weighted by atomic mass is 9.95. The minimum atomic E-state index is -0.736. The van der Waals surface area contributed by atoms with Gasteiger partial charge < -0.3 is 15.1 Å². The molecule has 1 aromatic heterocycles. The van der Waals surface area contributed by atoms with Crippen LogP contribution in [0.3, 0.4) is 0 Å². The van der Waals surface area contributed by atoms with Crippen LogP contribution in [0, 0.1) is 0 Å². The molecule has 4 rings (SSSR count). The number of phenolic OH excluding ortho intramolecular Hbond substituents is 1. The van der Waals surface area contributed by atoms with Crippen LogP contribution >= 0.6 is 22.9 Å². The summed E-state index contributed by atoms with van der Waals surface area (Å²) in [6.07, 6.45) is 0.533. The van der Waals surface area contributed by atoms with Gasteiger partial charge in [0.2, 0.25) is 5.78 Å². The summed E-state index contributed by atoms with van der Waals surface area (Å²) in [6.45, 7) is 0.303. The highest BCUT2D eigenvalue weighted by Crippen LogP contribution is 2.40. The van der Waals surface area contributed by atoms with Crippen molar-refractivity contribution in [3.05, 3.63) is 98.4 Å². The van der Waals surface area contributed by atoms with E-state index in [0.29, 0.717) is 28.4 Å². The molecule has 0 saturated heterocycles. The third kappa shape index (κ3) is 3.84. The molecule has 0 spiro atoms. The molecule has 7 heteroatoms. The molecule has 1 unspecified atom stereocenters. The lowest BCUT2D eigenvalue weighted by Crippen LogP contribution is -2.33. The monoisotopic (exact) mass is 439 g/mol. The van der Waals surface area contributed by atoms with Crippen molar-refractivity contribution < 1.29 is 19.8 Å². The number of aliphatic hydroxyl groups is 1. The van der Waals surface area contributed by atoms with Crippen LogP contribution in [0.2, 0.25) is 5.02 Å². The summed E-state index contributed by atoms with van der Waals surface area (Å²) in [5.41, 5.74) is 1.68. The summed E-state index contributed by atoms with van der Waals surface area (Å²) >= 11 is 7.20. The van der Waals surface area contributed by atoms with Gasteiger partial charge in [0.25, 0.3) is 5.91 Å². The summed E-state index contributed by atoms with van der Waals surface area (Å²) in [7, 11) is 0. The van der Waals surface area contributed by atoms with E-state index in [2.05, 4.69) is 0 Å². The van der Waals surface area contributed by atoms with E-state index in [1.807, 2.05) is 12.1 Å². The molecule has 0 fully saturated rings. The van der Waals surface area contributed by atoms with E-state index in [1.54, 1.807) is 41.8 Å². The van der Waals surface area contributed by atoms with E-state index in [1.165, 1.54) is 28.4 Å². The second-order valence-corrected chi connectivity index (χ2v) is 8.32. The van der Waals surface area contributed by atoms with E-state index in [4.69, 9.17) is 11.6 Å². The Hall–Kier alpha value is -3.09. The standard InChI is InChI=1S/C23H18ClNO4S/c24-16-7-3-14(4-8-16)11-12-25-20(15-5-9-17(26)10-6-15)19(22(28)23(25)29)21(27)18-2-1-13-30-18/h1-10,13,20,26,28H,11-12H2. The van der Waals surface area contributed by atoms with E-state index < -0.39 is 17.7 Å². The first-order valence-corrected chi connectivity index (χ1v) is 10.6. The molecule has 1 aliphatic heterocycles. The molecule has 0 aliphatic carbocycles.